The standard InChI is InChI=1S/C11H13N3S/c1-13-7-4-8-14-10-6-3-2-5-9(10)12-11(14)15-13/h2-3,5-6H,4,7-8H2,1H3. The zero-order chi connectivity index (χ0) is 10.3. The van der Waals surface area contributed by atoms with Crippen LogP contribution >= 0.6 is 11.9 Å². The van der Waals surface area contributed by atoms with Gasteiger partial charge in [0, 0.05) is 13.1 Å². The highest BCUT2D eigenvalue weighted by Gasteiger charge is 2.16. The van der Waals surface area contributed by atoms with Gasteiger partial charge in [0.15, 0.2) is 5.16 Å². The van der Waals surface area contributed by atoms with E-state index in [0.717, 1.165) is 23.8 Å². The third kappa shape index (κ3) is 1.54. The van der Waals surface area contributed by atoms with E-state index in [2.05, 4.69) is 39.1 Å². The number of aryl methyl sites for hydroxylation is 1. The molecule has 1 aliphatic rings. The predicted molar refractivity (Wildman–Crippen MR) is 62.8 cm³/mol. The number of rotatable bonds is 0. The Hall–Kier alpha value is -1.00. The lowest BCUT2D eigenvalue weighted by atomic mass is 10.3. The summed E-state index contributed by atoms with van der Waals surface area (Å²) in [5.74, 6) is 0. The van der Waals surface area contributed by atoms with Crippen LogP contribution in [0.15, 0.2) is 29.4 Å². The lowest BCUT2D eigenvalue weighted by Crippen LogP contribution is -2.08. The minimum Gasteiger partial charge on any atom is -0.318 e. The lowest BCUT2D eigenvalue weighted by molar-refractivity contribution is 0.522. The summed E-state index contributed by atoms with van der Waals surface area (Å²) >= 11 is 1.74. The highest BCUT2D eigenvalue weighted by atomic mass is 32.2. The van der Waals surface area contributed by atoms with Crippen molar-refractivity contribution in [1.29, 1.82) is 0 Å². The molecule has 0 unspecified atom stereocenters. The van der Waals surface area contributed by atoms with Crippen molar-refractivity contribution < 1.29 is 0 Å². The quantitative estimate of drug-likeness (QED) is 0.635. The van der Waals surface area contributed by atoms with E-state index in [1.807, 2.05) is 6.07 Å². The highest BCUT2D eigenvalue weighted by molar-refractivity contribution is 7.96. The van der Waals surface area contributed by atoms with Crippen LogP contribution in [0.25, 0.3) is 11.0 Å². The van der Waals surface area contributed by atoms with Crippen LogP contribution in [0, 0.1) is 0 Å². The van der Waals surface area contributed by atoms with Crippen LogP contribution in [-0.4, -0.2) is 27.4 Å². The van der Waals surface area contributed by atoms with Gasteiger partial charge >= 0.3 is 0 Å². The normalized spacial score (nSPS) is 17.7. The van der Waals surface area contributed by atoms with Crippen molar-refractivity contribution in [3.8, 4) is 0 Å². The van der Waals surface area contributed by atoms with Crippen LogP contribution in [0.2, 0.25) is 0 Å². The summed E-state index contributed by atoms with van der Waals surface area (Å²) in [4.78, 5) is 4.65. The van der Waals surface area contributed by atoms with Crippen molar-refractivity contribution in [2.24, 2.45) is 0 Å². The first-order valence-corrected chi connectivity index (χ1v) is 5.96. The molecule has 2 aromatic rings. The van der Waals surface area contributed by atoms with Gasteiger partial charge in [-0.3, -0.25) is 0 Å². The molecule has 78 valence electrons. The molecule has 0 amide bonds. The van der Waals surface area contributed by atoms with Crippen LogP contribution in [-0.2, 0) is 6.54 Å². The van der Waals surface area contributed by atoms with E-state index in [1.165, 1.54) is 11.9 Å². The molecule has 1 aromatic carbocycles. The van der Waals surface area contributed by atoms with Crippen LogP contribution in [0.3, 0.4) is 0 Å². The van der Waals surface area contributed by atoms with Crippen LogP contribution in [0.1, 0.15) is 6.42 Å². The highest BCUT2D eigenvalue weighted by Crippen LogP contribution is 2.28. The molecule has 0 N–H and O–H groups in total. The van der Waals surface area contributed by atoms with Gasteiger partial charge in [-0.05, 0) is 37.5 Å². The Morgan fingerprint density at radius 3 is 3.07 bits per heavy atom. The first kappa shape index (κ1) is 9.24. The van der Waals surface area contributed by atoms with Gasteiger partial charge in [-0.1, -0.05) is 12.1 Å². The molecule has 3 rings (SSSR count). The van der Waals surface area contributed by atoms with E-state index in [1.54, 1.807) is 11.9 Å². The molecule has 0 atom stereocenters. The van der Waals surface area contributed by atoms with Crippen LogP contribution in [0.5, 0.6) is 0 Å². The second-order valence-electron chi connectivity index (χ2n) is 3.83. The molecule has 3 nitrogen and oxygen atoms in total. The van der Waals surface area contributed by atoms with Gasteiger partial charge < -0.3 is 4.57 Å². The second-order valence-corrected chi connectivity index (χ2v) is 5.00. The minimum absolute atomic E-state index is 1.08. The van der Waals surface area contributed by atoms with E-state index in [9.17, 15) is 0 Å². The summed E-state index contributed by atoms with van der Waals surface area (Å²) in [7, 11) is 2.12. The van der Waals surface area contributed by atoms with Gasteiger partial charge in [0.1, 0.15) is 0 Å². The average Bonchev–Trinajstić information content (AvgIpc) is 2.46. The minimum atomic E-state index is 1.08. The van der Waals surface area contributed by atoms with Gasteiger partial charge in [0.2, 0.25) is 0 Å². The van der Waals surface area contributed by atoms with Crippen molar-refractivity contribution in [1.82, 2.24) is 13.9 Å². The molecule has 0 fully saturated rings. The van der Waals surface area contributed by atoms with Crippen molar-refractivity contribution in [2.75, 3.05) is 13.6 Å². The number of imidazole rings is 1. The third-order valence-corrected chi connectivity index (χ3v) is 3.68. The Kier molecular flexibility index (Phi) is 2.18. The van der Waals surface area contributed by atoms with Crippen molar-refractivity contribution in [3.63, 3.8) is 0 Å². The third-order valence-electron chi connectivity index (χ3n) is 2.71. The molecule has 0 spiro atoms. The van der Waals surface area contributed by atoms with E-state index in [4.69, 9.17) is 0 Å². The number of aromatic nitrogens is 2. The van der Waals surface area contributed by atoms with Gasteiger partial charge in [-0.2, -0.15) is 0 Å². The molecule has 0 saturated heterocycles. The maximum Gasteiger partial charge on any atom is 0.184 e. The molecule has 0 saturated carbocycles. The molecule has 0 aliphatic carbocycles. The summed E-state index contributed by atoms with van der Waals surface area (Å²) < 4.78 is 4.58. The SMILES string of the molecule is CN1CCCn2c(nc3ccccc32)S1. The van der Waals surface area contributed by atoms with Gasteiger partial charge in [0.05, 0.1) is 11.0 Å². The number of benzene rings is 1. The topological polar surface area (TPSA) is 21.1 Å². The molecular weight excluding hydrogens is 206 g/mol. The van der Waals surface area contributed by atoms with E-state index in [-0.39, 0.29) is 0 Å². The lowest BCUT2D eigenvalue weighted by Gasteiger charge is -2.08. The Morgan fingerprint density at radius 2 is 2.13 bits per heavy atom. The first-order chi connectivity index (χ1) is 7.34. The molecule has 15 heavy (non-hydrogen) atoms. The summed E-state index contributed by atoms with van der Waals surface area (Å²) in [6.45, 7) is 2.20. The smallest absolute Gasteiger partial charge is 0.184 e. The number of para-hydroxylation sites is 2. The summed E-state index contributed by atoms with van der Waals surface area (Å²) in [6, 6.07) is 8.36. The van der Waals surface area contributed by atoms with Crippen LogP contribution < -0.4 is 0 Å². The molecule has 2 heterocycles. The fourth-order valence-corrected chi connectivity index (χ4v) is 2.90. The summed E-state index contributed by atoms with van der Waals surface area (Å²) in [5.41, 5.74) is 2.37. The summed E-state index contributed by atoms with van der Waals surface area (Å²) in [6.07, 6.45) is 1.19. The Labute approximate surface area is 93.2 Å². The number of hydrogen-bond donors (Lipinski definition) is 0. The average molecular weight is 219 g/mol. The van der Waals surface area contributed by atoms with E-state index >= 15 is 0 Å². The largest absolute Gasteiger partial charge is 0.318 e. The molecule has 0 bridgehead atoms. The number of hydrogen-bond acceptors (Lipinski definition) is 3. The van der Waals surface area contributed by atoms with Gasteiger partial charge in [-0.25, -0.2) is 9.29 Å². The second kappa shape index (κ2) is 3.54. The van der Waals surface area contributed by atoms with Crippen molar-refractivity contribution >= 4 is 23.0 Å². The molecule has 1 aliphatic heterocycles. The maximum absolute atomic E-state index is 4.65. The molecule has 4 heteroatoms. The Balaban J connectivity index is 2.19. The Morgan fingerprint density at radius 1 is 1.27 bits per heavy atom. The van der Waals surface area contributed by atoms with E-state index < -0.39 is 0 Å². The Bertz CT molecular complexity index is 492. The number of fused-ring (bicyclic) bond motifs is 3. The zero-order valence-electron chi connectivity index (χ0n) is 8.68. The van der Waals surface area contributed by atoms with Crippen LogP contribution in [0.4, 0.5) is 0 Å². The maximum atomic E-state index is 4.65. The fraction of sp³-hybridized carbons (Fsp3) is 0.364. The molecular formula is C11H13N3S. The van der Waals surface area contributed by atoms with Gasteiger partial charge in [-0.15, -0.1) is 0 Å². The van der Waals surface area contributed by atoms with E-state index in [0.29, 0.717) is 0 Å². The molecule has 0 radical (unpaired) electrons. The first-order valence-electron chi connectivity index (χ1n) is 5.19. The fourth-order valence-electron chi connectivity index (χ4n) is 1.98. The van der Waals surface area contributed by atoms with Crippen molar-refractivity contribution in [3.05, 3.63) is 24.3 Å². The monoisotopic (exact) mass is 219 g/mol. The van der Waals surface area contributed by atoms with Gasteiger partial charge in [0.25, 0.3) is 0 Å². The summed E-state index contributed by atoms with van der Waals surface area (Å²) in [5, 5.41) is 1.12. The van der Waals surface area contributed by atoms with Crippen molar-refractivity contribution in [2.45, 2.75) is 18.1 Å². The predicted octanol–water partition coefficient (Wildman–Crippen LogP) is 2.38. The molecule has 1 aromatic heterocycles. The number of nitrogens with zero attached hydrogens (tertiary/aromatic N) is 3. The zero-order valence-corrected chi connectivity index (χ0v) is 9.50.